The number of benzene rings is 1. The van der Waals surface area contributed by atoms with Gasteiger partial charge in [-0.3, -0.25) is 9.69 Å². The maximum atomic E-state index is 14.0. The van der Waals surface area contributed by atoms with Gasteiger partial charge in [-0.05, 0) is 23.6 Å². The molecule has 0 fully saturated rings. The monoisotopic (exact) mass is 408 g/mol. The minimum atomic E-state index is -0.716. The van der Waals surface area contributed by atoms with E-state index in [-0.39, 0.29) is 11.4 Å². The maximum absolute atomic E-state index is 14.0. The number of fused-ring (bicyclic) bond motifs is 1. The topological polar surface area (TPSA) is 37.6 Å². The van der Waals surface area contributed by atoms with Gasteiger partial charge in [0.05, 0.1) is 25.3 Å². The molecule has 0 radical (unpaired) electrons. The lowest BCUT2D eigenvalue weighted by Crippen LogP contribution is -3.05. The molecule has 2 heterocycles. The molecule has 0 saturated carbocycles. The van der Waals surface area contributed by atoms with Crippen molar-refractivity contribution >= 4 is 50.0 Å². The summed E-state index contributed by atoms with van der Waals surface area (Å²) in [5, 5.41) is 2.32. The van der Waals surface area contributed by atoms with Gasteiger partial charge in [-0.25, -0.2) is 13.8 Å². The van der Waals surface area contributed by atoms with Gasteiger partial charge in [0.15, 0.2) is 10.9 Å². The van der Waals surface area contributed by atoms with Gasteiger partial charge in [-0.15, -0.1) is 11.3 Å². The molecule has 0 spiro atoms. The molecule has 4 nitrogen and oxygen atoms in total. The first-order valence-electron chi connectivity index (χ1n) is 8.52. The van der Waals surface area contributed by atoms with E-state index in [1.807, 2.05) is 31.6 Å². The predicted octanol–water partition coefficient (Wildman–Crippen LogP) is 3.22. The molecule has 2 aromatic heterocycles. The number of nitrogens with zero attached hydrogens (tertiary/aromatic N) is 2. The van der Waals surface area contributed by atoms with E-state index in [4.69, 9.17) is 0 Å². The molecule has 0 aliphatic carbocycles. The van der Waals surface area contributed by atoms with Crippen LogP contribution in [0.2, 0.25) is 0 Å². The summed E-state index contributed by atoms with van der Waals surface area (Å²) in [7, 11) is 4.08. The first-order valence-corrected chi connectivity index (χ1v) is 10.2. The molecule has 3 rings (SSSR count). The van der Waals surface area contributed by atoms with Crippen LogP contribution in [-0.4, -0.2) is 38.1 Å². The molecule has 3 aromatic rings. The zero-order valence-electron chi connectivity index (χ0n) is 15.0. The first kappa shape index (κ1) is 19.6. The van der Waals surface area contributed by atoms with Crippen molar-refractivity contribution < 1.29 is 18.5 Å². The van der Waals surface area contributed by atoms with Crippen LogP contribution in [-0.2, 0) is 4.79 Å². The Kier molecular flexibility index (Phi) is 6.30. The Balaban J connectivity index is 1.88. The Morgan fingerprint density at radius 1 is 1.33 bits per heavy atom. The fourth-order valence-electron chi connectivity index (χ4n) is 2.58. The van der Waals surface area contributed by atoms with Crippen LogP contribution < -0.4 is 9.80 Å². The van der Waals surface area contributed by atoms with Crippen molar-refractivity contribution in [3.8, 4) is 0 Å². The van der Waals surface area contributed by atoms with E-state index in [0.717, 1.165) is 35.2 Å². The van der Waals surface area contributed by atoms with Crippen LogP contribution in [0, 0.1) is 11.6 Å². The van der Waals surface area contributed by atoms with Crippen LogP contribution in [0.15, 0.2) is 35.7 Å². The molecule has 0 aliphatic rings. The van der Waals surface area contributed by atoms with Gasteiger partial charge in [0.2, 0.25) is 0 Å². The number of aromatic nitrogens is 1. The lowest BCUT2D eigenvalue weighted by Gasteiger charge is -2.18. The quantitative estimate of drug-likeness (QED) is 0.610. The molecule has 0 unspecified atom stereocenters. The van der Waals surface area contributed by atoms with Crippen LogP contribution in [0.5, 0.6) is 0 Å². The average Bonchev–Trinajstić information content (AvgIpc) is 3.25. The fraction of sp³-hybridized carbons (Fsp3) is 0.263. The van der Waals surface area contributed by atoms with Crippen LogP contribution in [0.4, 0.5) is 13.9 Å². The summed E-state index contributed by atoms with van der Waals surface area (Å²) in [5.74, 6) is -1.59. The zero-order chi connectivity index (χ0) is 19.4. The van der Waals surface area contributed by atoms with E-state index in [9.17, 15) is 13.6 Å². The van der Waals surface area contributed by atoms with E-state index in [0.29, 0.717) is 16.4 Å². The smallest absolute Gasteiger partial charge is 0.252 e. The van der Waals surface area contributed by atoms with Crippen molar-refractivity contribution in [2.75, 3.05) is 32.1 Å². The molecule has 1 amide bonds. The second-order valence-corrected chi connectivity index (χ2v) is 8.37. The average molecular weight is 409 g/mol. The second kappa shape index (κ2) is 8.69. The van der Waals surface area contributed by atoms with Gasteiger partial charge in [0, 0.05) is 30.0 Å². The standard InChI is InChI=1S/C19H19F2N3OS2/c1-23(2)8-4-9-24(17(25)7-6-14-5-3-10-26-14)19-22-18-15(21)11-13(20)12-16(18)27-19/h3,5-7,10-12H,4,8-9H2,1-2H3/p+1/b7-6+. The Morgan fingerprint density at radius 3 is 2.85 bits per heavy atom. The SMILES string of the molecule is C[NH+](C)CCCN(C(=O)/C=C/c1cccs1)c1nc2c(F)cc(F)cc2s1. The van der Waals surface area contributed by atoms with Gasteiger partial charge in [0.25, 0.3) is 5.91 Å². The lowest BCUT2D eigenvalue weighted by molar-refractivity contribution is -0.858. The molecule has 0 atom stereocenters. The highest BCUT2D eigenvalue weighted by Gasteiger charge is 2.20. The third-order valence-corrected chi connectivity index (χ3v) is 5.75. The molecule has 1 aromatic carbocycles. The Hall–Kier alpha value is -2.16. The molecule has 0 bridgehead atoms. The second-order valence-electron chi connectivity index (χ2n) is 6.38. The number of hydrogen-bond acceptors (Lipinski definition) is 4. The summed E-state index contributed by atoms with van der Waals surface area (Å²) in [5.41, 5.74) is 0.0923. The minimum absolute atomic E-state index is 0.0923. The molecule has 0 aliphatic heterocycles. The summed E-state index contributed by atoms with van der Waals surface area (Å²) in [4.78, 5) is 20.8. The highest BCUT2D eigenvalue weighted by atomic mass is 32.1. The summed E-state index contributed by atoms with van der Waals surface area (Å²) in [6.07, 6.45) is 4.02. The highest BCUT2D eigenvalue weighted by Crippen LogP contribution is 2.31. The van der Waals surface area contributed by atoms with Crippen LogP contribution in [0.25, 0.3) is 16.3 Å². The van der Waals surface area contributed by atoms with E-state index >= 15 is 0 Å². The van der Waals surface area contributed by atoms with Gasteiger partial charge < -0.3 is 4.90 Å². The Bertz CT molecular complexity index is 951. The summed E-state index contributed by atoms with van der Waals surface area (Å²) in [6, 6.07) is 5.89. The maximum Gasteiger partial charge on any atom is 0.252 e. The largest absolute Gasteiger partial charge is 0.340 e. The molecule has 27 heavy (non-hydrogen) atoms. The summed E-state index contributed by atoms with van der Waals surface area (Å²) >= 11 is 2.66. The number of hydrogen-bond donors (Lipinski definition) is 1. The summed E-state index contributed by atoms with van der Waals surface area (Å²) in [6.45, 7) is 1.34. The van der Waals surface area contributed by atoms with Gasteiger partial charge in [-0.2, -0.15) is 0 Å². The van der Waals surface area contributed by atoms with Crippen LogP contribution >= 0.6 is 22.7 Å². The van der Waals surface area contributed by atoms with Crippen LogP contribution in [0.3, 0.4) is 0 Å². The molecule has 1 N–H and O–H groups in total. The predicted molar refractivity (Wildman–Crippen MR) is 108 cm³/mol. The van der Waals surface area contributed by atoms with Crippen molar-refractivity contribution in [3.05, 3.63) is 52.2 Å². The van der Waals surface area contributed by atoms with Gasteiger partial charge in [0.1, 0.15) is 11.3 Å². The molecule has 142 valence electrons. The van der Waals surface area contributed by atoms with Gasteiger partial charge in [-0.1, -0.05) is 17.4 Å². The number of amides is 1. The first-order chi connectivity index (χ1) is 12.9. The number of quaternary nitrogens is 1. The lowest BCUT2D eigenvalue weighted by atomic mass is 10.3. The Labute approximate surface area is 164 Å². The Morgan fingerprint density at radius 2 is 2.15 bits per heavy atom. The molecule has 0 saturated heterocycles. The number of thiophene rings is 1. The van der Waals surface area contributed by atoms with E-state index in [1.54, 1.807) is 6.08 Å². The molecule has 8 heteroatoms. The number of carbonyl (C=O) groups excluding carboxylic acids is 1. The van der Waals surface area contributed by atoms with E-state index in [2.05, 4.69) is 4.98 Å². The van der Waals surface area contributed by atoms with Gasteiger partial charge >= 0.3 is 0 Å². The highest BCUT2D eigenvalue weighted by molar-refractivity contribution is 7.22. The zero-order valence-corrected chi connectivity index (χ0v) is 16.7. The van der Waals surface area contributed by atoms with E-state index < -0.39 is 11.6 Å². The molecular weight excluding hydrogens is 388 g/mol. The number of halogens is 2. The van der Waals surface area contributed by atoms with Crippen molar-refractivity contribution in [1.29, 1.82) is 0 Å². The third-order valence-electron chi connectivity index (χ3n) is 3.89. The molecular formula is C19H20F2N3OS2+. The number of rotatable bonds is 7. The van der Waals surface area contributed by atoms with Crippen molar-refractivity contribution in [2.45, 2.75) is 6.42 Å². The normalized spacial score (nSPS) is 11.7. The fourth-order valence-corrected chi connectivity index (χ4v) is 4.24. The third kappa shape index (κ3) is 4.97. The number of nitrogens with one attached hydrogen (secondary N) is 1. The van der Waals surface area contributed by atoms with Crippen molar-refractivity contribution in [1.82, 2.24) is 4.98 Å². The van der Waals surface area contributed by atoms with E-state index in [1.165, 1.54) is 33.3 Å². The van der Waals surface area contributed by atoms with Crippen molar-refractivity contribution in [3.63, 3.8) is 0 Å². The minimum Gasteiger partial charge on any atom is -0.340 e. The van der Waals surface area contributed by atoms with Crippen molar-refractivity contribution in [2.24, 2.45) is 0 Å². The van der Waals surface area contributed by atoms with Crippen LogP contribution in [0.1, 0.15) is 11.3 Å². The summed E-state index contributed by atoms with van der Waals surface area (Å²) < 4.78 is 27.9. The number of thiazole rings is 1. The number of anilines is 1. The number of carbonyl (C=O) groups is 1.